The van der Waals surface area contributed by atoms with Crippen molar-refractivity contribution in [3.63, 3.8) is 0 Å². The molecule has 1 aromatic carbocycles. The predicted molar refractivity (Wildman–Crippen MR) is 81.5 cm³/mol. The number of fused-ring (bicyclic) bond motifs is 2. The largest absolute Gasteiger partial charge is 0.496 e. The first kappa shape index (κ1) is 16.6. The molecule has 0 radical (unpaired) electrons. The molecular formula is C18H23F3O2. The number of hydrogen-bond acceptors (Lipinski definition) is 2. The van der Waals surface area contributed by atoms with Gasteiger partial charge < -0.3 is 9.47 Å². The zero-order chi connectivity index (χ0) is 16.8. The van der Waals surface area contributed by atoms with Crippen LogP contribution in [0.5, 0.6) is 5.75 Å². The summed E-state index contributed by atoms with van der Waals surface area (Å²) in [6.07, 6.45) is -0.444. The van der Waals surface area contributed by atoms with Gasteiger partial charge in [-0.3, -0.25) is 0 Å². The fourth-order valence-electron chi connectivity index (χ4n) is 4.42. The van der Waals surface area contributed by atoms with E-state index in [0.717, 1.165) is 31.2 Å². The standard InChI is InChI=1S/C18H23F3O2/c1-4-12-7-8-17(9-13(12)10-23-17)15-6-5-14(18(19,20)21)11(2)16(15)22-3/h5-6,12-13H,4,7-10H2,1-3H3. The maximum absolute atomic E-state index is 13.1. The highest BCUT2D eigenvalue weighted by Crippen LogP contribution is 2.54. The van der Waals surface area contributed by atoms with Crippen LogP contribution in [0.2, 0.25) is 0 Å². The van der Waals surface area contributed by atoms with E-state index in [2.05, 4.69) is 6.92 Å². The summed E-state index contributed by atoms with van der Waals surface area (Å²) in [4.78, 5) is 0. The minimum Gasteiger partial charge on any atom is -0.496 e. The summed E-state index contributed by atoms with van der Waals surface area (Å²) in [5.74, 6) is 1.49. The number of benzene rings is 1. The third-order valence-electron chi connectivity index (χ3n) is 5.68. The molecule has 2 nitrogen and oxygen atoms in total. The van der Waals surface area contributed by atoms with Crippen LogP contribution >= 0.6 is 0 Å². The van der Waals surface area contributed by atoms with Gasteiger partial charge in [0.1, 0.15) is 5.75 Å². The fourth-order valence-corrected chi connectivity index (χ4v) is 4.42. The molecule has 1 aromatic rings. The van der Waals surface area contributed by atoms with Crippen molar-refractivity contribution in [3.05, 3.63) is 28.8 Å². The van der Waals surface area contributed by atoms with Crippen molar-refractivity contribution in [1.82, 2.24) is 0 Å². The highest BCUT2D eigenvalue weighted by molar-refractivity contribution is 5.50. The second kappa shape index (κ2) is 5.69. The van der Waals surface area contributed by atoms with E-state index in [9.17, 15) is 13.2 Å². The predicted octanol–water partition coefficient (Wildman–Crippen LogP) is 5.07. The topological polar surface area (TPSA) is 18.5 Å². The monoisotopic (exact) mass is 328 g/mol. The third-order valence-corrected chi connectivity index (χ3v) is 5.68. The average Bonchev–Trinajstić information content (AvgIpc) is 2.84. The Morgan fingerprint density at radius 3 is 2.70 bits per heavy atom. The number of ether oxygens (including phenoxy) is 2. The number of halogens is 3. The molecular weight excluding hydrogens is 305 g/mol. The highest BCUT2D eigenvalue weighted by atomic mass is 19.4. The van der Waals surface area contributed by atoms with Crippen LogP contribution in [0.1, 0.15) is 49.3 Å². The molecule has 1 saturated heterocycles. The summed E-state index contributed by atoms with van der Waals surface area (Å²) in [6, 6.07) is 2.73. The van der Waals surface area contributed by atoms with Gasteiger partial charge in [-0.05, 0) is 44.1 Å². The number of hydrogen-bond donors (Lipinski definition) is 0. The molecule has 0 spiro atoms. The van der Waals surface area contributed by atoms with E-state index in [-0.39, 0.29) is 5.56 Å². The van der Waals surface area contributed by atoms with Crippen LogP contribution in [0.4, 0.5) is 13.2 Å². The summed E-state index contributed by atoms with van der Waals surface area (Å²) in [5, 5.41) is 0. The molecule has 5 heteroatoms. The quantitative estimate of drug-likeness (QED) is 0.771. The van der Waals surface area contributed by atoms with Gasteiger partial charge in [-0.2, -0.15) is 13.2 Å². The lowest BCUT2D eigenvalue weighted by Gasteiger charge is -2.37. The summed E-state index contributed by atoms with van der Waals surface area (Å²) >= 11 is 0. The van der Waals surface area contributed by atoms with E-state index >= 15 is 0 Å². The molecule has 3 rings (SSSR count). The van der Waals surface area contributed by atoms with Crippen LogP contribution in [-0.4, -0.2) is 13.7 Å². The Bertz CT molecular complexity index is 597. The molecule has 128 valence electrons. The maximum atomic E-state index is 13.1. The van der Waals surface area contributed by atoms with E-state index < -0.39 is 17.3 Å². The Kier molecular flexibility index (Phi) is 4.11. The lowest BCUT2D eigenvalue weighted by atomic mass is 9.70. The minimum absolute atomic E-state index is 0.150. The number of alkyl halides is 3. The van der Waals surface area contributed by atoms with Crippen molar-refractivity contribution >= 4 is 0 Å². The lowest BCUT2D eigenvalue weighted by molar-refractivity contribution is -0.138. The highest BCUT2D eigenvalue weighted by Gasteiger charge is 2.50. The smallest absolute Gasteiger partial charge is 0.416 e. The fraction of sp³-hybridized carbons (Fsp3) is 0.667. The Morgan fingerprint density at radius 2 is 2.09 bits per heavy atom. The van der Waals surface area contributed by atoms with Gasteiger partial charge in [-0.1, -0.05) is 19.4 Å². The molecule has 0 aromatic heterocycles. The van der Waals surface area contributed by atoms with Gasteiger partial charge in [0.05, 0.1) is 24.9 Å². The van der Waals surface area contributed by atoms with Crippen LogP contribution in [0.15, 0.2) is 12.1 Å². The zero-order valence-electron chi connectivity index (χ0n) is 13.8. The van der Waals surface area contributed by atoms with Crippen LogP contribution in [0, 0.1) is 18.8 Å². The van der Waals surface area contributed by atoms with Gasteiger partial charge in [-0.25, -0.2) is 0 Å². The molecule has 2 fully saturated rings. The van der Waals surface area contributed by atoms with Crippen molar-refractivity contribution in [3.8, 4) is 5.75 Å². The number of rotatable bonds is 3. The Morgan fingerprint density at radius 1 is 1.35 bits per heavy atom. The van der Waals surface area contributed by atoms with Crippen molar-refractivity contribution in [2.45, 2.75) is 51.3 Å². The molecule has 0 amide bonds. The van der Waals surface area contributed by atoms with Crippen molar-refractivity contribution < 1.29 is 22.6 Å². The summed E-state index contributed by atoms with van der Waals surface area (Å²) in [7, 11) is 1.44. The lowest BCUT2D eigenvalue weighted by Crippen LogP contribution is -2.31. The maximum Gasteiger partial charge on any atom is 0.416 e. The molecule has 1 saturated carbocycles. The van der Waals surface area contributed by atoms with E-state index in [1.165, 1.54) is 20.1 Å². The molecule has 23 heavy (non-hydrogen) atoms. The first-order valence-electron chi connectivity index (χ1n) is 8.21. The third kappa shape index (κ3) is 2.63. The molecule has 3 unspecified atom stereocenters. The zero-order valence-corrected chi connectivity index (χ0v) is 13.8. The first-order chi connectivity index (χ1) is 10.8. The SMILES string of the molecule is CCC1CCC2(c3ccc(C(F)(F)F)c(C)c3OC)CC1CO2. The number of methoxy groups -OCH3 is 1. The summed E-state index contributed by atoms with van der Waals surface area (Å²) < 4.78 is 50.9. The summed E-state index contributed by atoms with van der Waals surface area (Å²) in [6.45, 7) is 4.37. The molecule has 1 aliphatic carbocycles. The average molecular weight is 328 g/mol. The normalized spacial score (nSPS) is 30.5. The van der Waals surface area contributed by atoms with Gasteiger partial charge >= 0.3 is 6.18 Å². The Hall–Kier alpha value is -1.23. The van der Waals surface area contributed by atoms with Gasteiger partial charge in [0.25, 0.3) is 0 Å². The molecule has 2 aliphatic rings. The van der Waals surface area contributed by atoms with Gasteiger partial charge in [0, 0.05) is 11.1 Å². The second-order valence-corrected chi connectivity index (χ2v) is 6.79. The molecule has 0 N–H and O–H groups in total. The molecule has 1 heterocycles. The van der Waals surface area contributed by atoms with E-state index in [4.69, 9.17) is 9.47 Å². The Balaban J connectivity index is 2.03. The van der Waals surface area contributed by atoms with Crippen LogP contribution < -0.4 is 4.74 Å². The molecule has 3 atom stereocenters. The Labute approximate surface area is 135 Å². The molecule has 2 bridgehead atoms. The van der Waals surface area contributed by atoms with E-state index in [1.807, 2.05) is 0 Å². The van der Waals surface area contributed by atoms with Crippen molar-refractivity contribution in [2.75, 3.05) is 13.7 Å². The van der Waals surface area contributed by atoms with Crippen molar-refractivity contribution in [1.29, 1.82) is 0 Å². The second-order valence-electron chi connectivity index (χ2n) is 6.79. The van der Waals surface area contributed by atoms with Crippen molar-refractivity contribution in [2.24, 2.45) is 11.8 Å². The van der Waals surface area contributed by atoms with Crippen LogP contribution in [0.3, 0.4) is 0 Å². The van der Waals surface area contributed by atoms with E-state index in [1.54, 1.807) is 6.07 Å². The van der Waals surface area contributed by atoms with Gasteiger partial charge in [0.2, 0.25) is 0 Å². The minimum atomic E-state index is -4.37. The van der Waals surface area contributed by atoms with Gasteiger partial charge in [-0.15, -0.1) is 0 Å². The van der Waals surface area contributed by atoms with Crippen LogP contribution in [0.25, 0.3) is 0 Å². The molecule has 1 aliphatic heterocycles. The summed E-state index contributed by atoms with van der Waals surface area (Å²) in [5.41, 5.74) is -0.179. The first-order valence-corrected chi connectivity index (χ1v) is 8.21. The van der Waals surface area contributed by atoms with E-state index in [0.29, 0.717) is 24.2 Å². The van der Waals surface area contributed by atoms with Gasteiger partial charge in [0.15, 0.2) is 0 Å². The van der Waals surface area contributed by atoms with Crippen LogP contribution in [-0.2, 0) is 16.5 Å².